The highest BCUT2D eigenvalue weighted by molar-refractivity contribution is 9.10. The first kappa shape index (κ1) is 13.4. The van der Waals surface area contributed by atoms with Crippen LogP contribution >= 0.6 is 15.9 Å². The number of anilines is 2. The first-order valence-corrected chi connectivity index (χ1v) is 6.82. The van der Waals surface area contributed by atoms with Crippen molar-refractivity contribution in [2.24, 2.45) is 0 Å². The number of aromatic carboxylic acids is 1. The molecule has 1 aromatic heterocycles. The van der Waals surface area contributed by atoms with Gasteiger partial charge in [-0.15, -0.1) is 10.2 Å². The molecule has 21 heavy (non-hydrogen) atoms. The van der Waals surface area contributed by atoms with Crippen LogP contribution in [0.4, 0.5) is 11.6 Å². The van der Waals surface area contributed by atoms with Gasteiger partial charge in [0.25, 0.3) is 0 Å². The molecule has 6 nitrogen and oxygen atoms in total. The van der Waals surface area contributed by atoms with Gasteiger partial charge in [-0.25, -0.2) is 9.78 Å². The van der Waals surface area contributed by atoms with E-state index in [0.29, 0.717) is 27.1 Å². The highest BCUT2D eigenvalue weighted by Gasteiger charge is 2.10. The second kappa shape index (κ2) is 5.45. The summed E-state index contributed by atoms with van der Waals surface area (Å²) in [5.74, 6) is -0.699. The Kier molecular flexibility index (Phi) is 3.49. The van der Waals surface area contributed by atoms with Crippen molar-refractivity contribution in [3.05, 3.63) is 52.5 Å². The van der Waals surface area contributed by atoms with Gasteiger partial charge in [0.2, 0.25) is 5.95 Å². The fourth-order valence-electron chi connectivity index (χ4n) is 1.83. The molecule has 0 aliphatic carbocycles. The third-order valence-electron chi connectivity index (χ3n) is 2.81. The van der Waals surface area contributed by atoms with Crippen LogP contribution in [0.5, 0.6) is 0 Å². The maximum atomic E-state index is 11.1. The van der Waals surface area contributed by atoms with Crippen molar-refractivity contribution >= 4 is 44.6 Å². The molecule has 0 saturated heterocycles. The number of nitrogens with zero attached hydrogens (tertiary/aromatic N) is 3. The minimum Gasteiger partial charge on any atom is -0.478 e. The van der Waals surface area contributed by atoms with Gasteiger partial charge >= 0.3 is 5.97 Å². The van der Waals surface area contributed by atoms with E-state index in [1.165, 1.54) is 6.07 Å². The van der Waals surface area contributed by atoms with Gasteiger partial charge in [0.1, 0.15) is 5.52 Å². The zero-order valence-electron chi connectivity index (χ0n) is 10.6. The maximum Gasteiger partial charge on any atom is 0.336 e. The Morgan fingerprint density at radius 3 is 2.62 bits per heavy atom. The molecule has 0 aliphatic rings. The van der Waals surface area contributed by atoms with Gasteiger partial charge in [-0.1, -0.05) is 12.1 Å². The second-order valence-electron chi connectivity index (χ2n) is 4.25. The molecule has 0 saturated carbocycles. The van der Waals surface area contributed by atoms with Gasteiger partial charge in [-0.2, -0.15) is 0 Å². The quantitative estimate of drug-likeness (QED) is 0.758. The minimum atomic E-state index is -1.01. The molecule has 0 bridgehead atoms. The Morgan fingerprint density at radius 1 is 1.10 bits per heavy atom. The number of carboxylic acids is 1. The number of rotatable bonds is 3. The van der Waals surface area contributed by atoms with Crippen molar-refractivity contribution in [1.29, 1.82) is 0 Å². The molecule has 0 atom stereocenters. The molecule has 0 radical (unpaired) electrons. The predicted molar refractivity (Wildman–Crippen MR) is 81.7 cm³/mol. The summed E-state index contributed by atoms with van der Waals surface area (Å²) in [5.41, 5.74) is 2.15. The summed E-state index contributed by atoms with van der Waals surface area (Å²) < 4.78 is 0.512. The Bertz CT molecular complexity index is 838. The predicted octanol–water partition coefficient (Wildman–Crippen LogP) is 3.23. The largest absolute Gasteiger partial charge is 0.478 e. The van der Waals surface area contributed by atoms with E-state index in [4.69, 9.17) is 5.11 Å². The lowest BCUT2D eigenvalue weighted by Gasteiger charge is -2.07. The van der Waals surface area contributed by atoms with Gasteiger partial charge in [0, 0.05) is 10.2 Å². The Balaban J connectivity index is 1.94. The third kappa shape index (κ3) is 2.82. The molecule has 0 fully saturated rings. The van der Waals surface area contributed by atoms with Crippen LogP contribution in [-0.4, -0.2) is 26.3 Å². The Hall–Kier alpha value is -2.54. The van der Waals surface area contributed by atoms with E-state index in [1.807, 2.05) is 24.3 Å². The summed E-state index contributed by atoms with van der Waals surface area (Å²) in [5, 5.41) is 20.1. The molecule has 3 aromatic rings. The fourth-order valence-corrected chi connectivity index (χ4v) is 2.25. The standard InChI is InChI=1S/C14H9BrN4O2/c15-10-6-5-8(7-9(10)13(20)21)16-14-17-11-3-1-2-4-12(11)18-19-14/h1-7H,(H,20,21)(H,16,17,19). The van der Waals surface area contributed by atoms with Crippen molar-refractivity contribution in [2.45, 2.75) is 0 Å². The number of para-hydroxylation sites is 1. The number of nitrogens with one attached hydrogen (secondary N) is 1. The molecule has 3 rings (SSSR count). The molecule has 0 aliphatic heterocycles. The van der Waals surface area contributed by atoms with Gasteiger partial charge in [-0.3, -0.25) is 0 Å². The number of carboxylic acid groups (broad SMARTS) is 1. The number of benzene rings is 2. The summed E-state index contributed by atoms with van der Waals surface area (Å²) >= 11 is 3.20. The van der Waals surface area contributed by atoms with Crippen molar-refractivity contribution in [2.75, 3.05) is 5.32 Å². The van der Waals surface area contributed by atoms with E-state index >= 15 is 0 Å². The van der Waals surface area contributed by atoms with E-state index in [9.17, 15) is 4.79 Å². The Morgan fingerprint density at radius 2 is 1.86 bits per heavy atom. The summed E-state index contributed by atoms with van der Waals surface area (Å²) in [4.78, 5) is 15.4. The van der Waals surface area contributed by atoms with Crippen molar-refractivity contribution in [3.8, 4) is 0 Å². The van der Waals surface area contributed by atoms with Crippen LogP contribution < -0.4 is 5.32 Å². The highest BCUT2D eigenvalue weighted by Crippen LogP contribution is 2.23. The lowest BCUT2D eigenvalue weighted by atomic mass is 10.2. The van der Waals surface area contributed by atoms with E-state index in [2.05, 4.69) is 36.4 Å². The summed E-state index contributed by atoms with van der Waals surface area (Å²) in [6, 6.07) is 12.3. The molecule has 2 N–H and O–H groups in total. The number of aromatic nitrogens is 3. The summed E-state index contributed by atoms with van der Waals surface area (Å²) in [7, 11) is 0. The number of carbonyl (C=O) groups is 1. The van der Waals surface area contributed by atoms with Crippen LogP contribution in [0.3, 0.4) is 0 Å². The molecule has 7 heteroatoms. The molecule has 0 unspecified atom stereocenters. The zero-order chi connectivity index (χ0) is 14.8. The minimum absolute atomic E-state index is 0.161. The van der Waals surface area contributed by atoms with Crippen LogP contribution in [-0.2, 0) is 0 Å². The second-order valence-corrected chi connectivity index (χ2v) is 5.10. The van der Waals surface area contributed by atoms with Crippen LogP contribution in [0.25, 0.3) is 11.0 Å². The number of hydrogen-bond donors (Lipinski definition) is 2. The van der Waals surface area contributed by atoms with Crippen LogP contribution in [0.1, 0.15) is 10.4 Å². The normalized spacial score (nSPS) is 10.5. The zero-order valence-corrected chi connectivity index (χ0v) is 12.2. The molecular formula is C14H9BrN4O2. The van der Waals surface area contributed by atoms with Crippen LogP contribution in [0.2, 0.25) is 0 Å². The van der Waals surface area contributed by atoms with Crippen molar-refractivity contribution < 1.29 is 9.90 Å². The Labute approximate surface area is 128 Å². The van der Waals surface area contributed by atoms with Crippen molar-refractivity contribution in [1.82, 2.24) is 15.2 Å². The highest BCUT2D eigenvalue weighted by atomic mass is 79.9. The smallest absolute Gasteiger partial charge is 0.336 e. The lowest BCUT2D eigenvalue weighted by Crippen LogP contribution is -2.02. The van der Waals surface area contributed by atoms with Crippen LogP contribution in [0, 0.1) is 0 Å². The topological polar surface area (TPSA) is 88.0 Å². The van der Waals surface area contributed by atoms with E-state index in [0.717, 1.165) is 0 Å². The van der Waals surface area contributed by atoms with Gasteiger partial charge in [0.05, 0.1) is 11.1 Å². The number of fused-ring (bicyclic) bond motifs is 1. The first-order chi connectivity index (χ1) is 10.1. The van der Waals surface area contributed by atoms with E-state index in [-0.39, 0.29) is 5.56 Å². The summed E-state index contributed by atoms with van der Waals surface area (Å²) in [6.45, 7) is 0. The first-order valence-electron chi connectivity index (χ1n) is 6.03. The van der Waals surface area contributed by atoms with E-state index < -0.39 is 5.97 Å². The van der Waals surface area contributed by atoms with Crippen molar-refractivity contribution in [3.63, 3.8) is 0 Å². The average Bonchev–Trinajstić information content (AvgIpc) is 2.49. The van der Waals surface area contributed by atoms with Gasteiger partial charge in [-0.05, 0) is 46.3 Å². The average molecular weight is 345 g/mol. The monoisotopic (exact) mass is 344 g/mol. The third-order valence-corrected chi connectivity index (χ3v) is 3.50. The molecule has 1 heterocycles. The molecular weight excluding hydrogens is 336 g/mol. The molecule has 2 aromatic carbocycles. The SMILES string of the molecule is O=C(O)c1cc(Nc2nnc3ccccc3n2)ccc1Br. The lowest BCUT2D eigenvalue weighted by molar-refractivity contribution is 0.0696. The van der Waals surface area contributed by atoms with Gasteiger partial charge < -0.3 is 10.4 Å². The fraction of sp³-hybridized carbons (Fsp3) is 0. The maximum absolute atomic E-state index is 11.1. The molecule has 104 valence electrons. The summed E-state index contributed by atoms with van der Waals surface area (Å²) in [6.07, 6.45) is 0. The molecule has 0 amide bonds. The number of halogens is 1. The van der Waals surface area contributed by atoms with E-state index in [1.54, 1.807) is 12.1 Å². The molecule has 0 spiro atoms. The number of hydrogen-bond acceptors (Lipinski definition) is 5. The van der Waals surface area contributed by atoms with Crippen LogP contribution in [0.15, 0.2) is 46.9 Å². The van der Waals surface area contributed by atoms with Gasteiger partial charge in [0.15, 0.2) is 0 Å².